The van der Waals surface area contributed by atoms with E-state index in [1.165, 1.54) is 13.3 Å². The maximum Gasteiger partial charge on any atom is 0.356 e. The van der Waals surface area contributed by atoms with Crippen molar-refractivity contribution in [1.82, 2.24) is 9.97 Å². The minimum Gasteiger partial charge on any atom is -0.493 e. The quantitative estimate of drug-likeness (QED) is 0.914. The van der Waals surface area contributed by atoms with Crippen molar-refractivity contribution >= 4 is 17.6 Å². The van der Waals surface area contributed by atoms with Crippen molar-refractivity contribution in [1.29, 1.82) is 0 Å². The van der Waals surface area contributed by atoms with Gasteiger partial charge in [-0.05, 0) is 19.1 Å². The summed E-state index contributed by atoms with van der Waals surface area (Å²) in [5.74, 6) is -0.0328. The van der Waals surface area contributed by atoms with Gasteiger partial charge in [0.1, 0.15) is 0 Å². The molecule has 0 fully saturated rings. The first kappa shape index (κ1) is 15.1. The Morgan fingerprint density at radius 3 is 2.81 bits per heavy atom. The summed E-state index contributed by atoms with van der Waals surface area (Å²) in [5.41, 5.74) is 0.280. The molecule has 1 heterocycles. The lowest BCUT2D eigenvalue weighted by Crippen LogP contribution is -2.05. The summed E-state index contributed by atoms with van der Waals surface area (Å²) in [7, 11) is 1.52. The van der Waals surface area contributed by atoms with Crippen LogP contribution in [-0.2, 0) is 0 Å². The molecule has 0 bridgehead atoms. The molecule has 2 rings (SSSR count). The predicted molar refractivity (Wildman–Crippen MR) is 77.2 cm³/mol. The number of ether oxygens (including phenoxy) is 2. The third-order valence-electron chi connectivity index (χ3n) is 2.68. The number of methoxy groups -OCH3 is 1. The van der Waals surface area contributed by atoms with Gasteiger partial charge in [0.2, 0.25) is 0 Å². The Morgan fingerprint density at radius 2 is 2.19 bits per heavy atom. The number of hydrogen-bond acceptors (Lipinski definition) is 5. The van der Waals surface area contributed by atoms with Crippen LogP contribution in [0.3, 0.4) is 0 Å². The van der Waals surface area contributed by atoms with Crippen LogP contribution in [0, 0.1) is 0 Å². The minimum atomic E-state index is -1.22. The van der Waals surface area contributed by atoms with E-state index in [2.05, 4.69) is 9.97 Å². The second-order valence-electron chi connectivity index (χ2n) is 3.97. The number of nitrogens with zero attached hydrogens (tertiary/aromatic N) is 2. The van der Waals surface area contributed by atoms with Gasteiger partial charge in [0.15, 0.2) is 23.0 Å². The maximum absolute atomic E-state index is 11.1. The highest BCUT2D eigenvalue weighted by Crippen LogP contribution is 2.36. The van der Waals surface area contributed by atoms with Crippen molar-refractivity contribution in [3.8, 4) is 22.9 Å². The highest BCUT2D eigenvalue weighted by Gasteiger charge is 2.18. The predicted octanol–water partition coefficient (Wildman–Crippen LogP) is 2.90. The molecule has 7 heteroatoms. The standard InChI is InChI=1S/C14H13ClN2O4/c1-3-21-12-8(5-4-6-10(12)20-2)13-16-7-9(15)11(17-13)14(18)19/h4-7H,3H2,1-2H3,(H,18,19). The average molecular weight is 309 g/mol. The van der Waals surface area contributed by atoms with Crippen LogP contribution in [0.4, 0.5) is 0 Å². The molecule has 1 N–H and O–H groups in total. The fraction of sp³-hybridized carbons (Fsp3) is 0.214. The number of aromatic carboxylic acids is 1. The van der Waals surface area contributed by atoms with E-state index in [0.29, 0.717) is 23.7 Å². The normalized spacial score (nSPS) is 10.2. The summed E-state index contributed by atoms with van der Waals surface area (Å²) >= 11 is 5.78. The third-order valence-corrected chi connectivity index (χ3v) is 2.95. The largest absolute Gasteiger partial charge is 0.493 e. The Morgan fingerprint density at radius 1 is 1.43 bits per heavy atom. The van der Waals surface area contributed by atoms with Gasteiger partial charge in [-0.1, -0.05) is 17.7 Å². The highest BCUT2D eigenvalue weighted by molar-refractivity contribution is 6.33. The van der Waals surface area contributed by atoms with E-state index in [0.717, 1.165) is 0 Å². The fourth-order valence-corrected chi connectivity index (χ4v) is 1.96. The van der Waals surface area contributed by atoms with Gasteiger partial charge in [-0.3, -0.25) is 0 Å². The molecule has 0 radical (unpaired) electrons. The van der Waals surface area contributed by atoms with Crippen LogP contribution in [0.2, 0.25) is 5.02 Å². The van der Waals surface area contributed by atoms with E-state index >= 15 is 0 Å². The molecule has 0 saturated heterocycles. The van der Waals surface area contributed by atoms with Gasteiger partial charge in [0.25, 0.3) is 0 Å². The summed E-state index contributed by atoms with van der Waals surface area (Å²) in [6.07, 6.45) is 1.25. The molecule has 0 aliphatic rings. The van der Waals surface area contributed by atoms with E-state index in [9.17, 15) is 4.79 Å². The summed E-state index contributed by atoms with van der Waals surface area (Å²) < 4.78 is 10.8. The van der Waals surface area contributed by atoms with Crippen LogP contribution in [-0.4, -0.2) is 34.8 Å². The molecule has 6 nitrogen and oxygen atoms in total. The molecule has 0 unspecified atom stereocenters. The Hall–Kier alpha value is -2.34. The molecular formula is C14H13ClN2O4. The second-order valence-corrected chi connectivity index (χ2v) is 4.37. The van der Waals surface area contributed by atoms with Crippen LogP contribution < -0.4 is 9.47 Å². The number of para-hydroxylation sites is 1. The summed E-state index contributed by atoms with van der Waals surface area (Å²) in [6.45, 7) is 2.26. The second kappa shape index (κ2) is 6.41. The van der Waals surface area contributed by atoms with Crippen molar-refractivity contribution in [2.75, 3.05) is 13.7 Å². The topological polar surface area (TPSA) is 81.5 Å². The average Bonchev–Trinajstić information content (AvgIpc) is 2.48. The third kappa shape index (κ3) is 3.05. The molecular weight excluding hydrogens is 296 g/mol. The number of hydrogen-bond donors (Lipinski definition) is 1. The highest BCUT2D eigenvalue weighted by atomic mass is 35.5. The van der Waals surface area contributed by atoms with Gasteiger partial charge in [0.05, 0.1) is 30.5 Å². The Balaban J connectivity index is 2.61. The Kier molecular flexibility index (Phi) is 4.59. The lowest BCUT2D eigenvalue weighted by Gasteiger charge is -2.13. The van der Waals surface area contributed by atoms with Gasteiger partial charge in [-0.15, -0.1) is 0 Å². The number of benzene rings is 1. The number of aromatic nitrogens is 2. The lowest BCUT2D eigenvalue weighted by molar-refractivity contribution is 0.0690. The summed E-state index contributed by atoms with van der Waals surface area (Å²) in [5, 5.41) is 9.06. The minimum absolute atomic E-state index is 0.0212. The molecule has 1 aromatic heterocycles. The Bertz CT molecular complexity index is 676. The van der Waals surface area contributed by atoms with Crippen LogP contribution in [0.15, 0.2) is 24.4 Å². The van der Waals surface area contributed by atoms with Crippen molar-refractivity contribution < 1.29 is 19.4 Å². The van der Waals surface area contributed by atoms with Gasteiger partial charge in [-0.25, -0.2) is 14.8 Å². The number of halogens is 1. The molecule has 0 saturated carbocycles. The molecule has 0 amide bonds. The van der Waals surface area contributed by atoms with Crippen LogP contribution in [0.1, 0.15) is 17.4 Å². The van der Waals surface area contributed by atoms with E-state index in [-0.39, 0.29) is 16.5 Å². The zero-order valence-corrected chi connectivity index (χ0v) is 12.2. The summed E-state index contributed by atoms with van der Waals surface area (Å²) in [4.78, 5) is 19.2. The van der Waals surface area contributed by atoms with Crippen LogP contribution in [0.25, 0.3) is 11.4 Å². The number of carboxylic acid groups (broad SMARTS) is 1. The van der Waals surface area contributed by atoms with Gasteiger partial charge < -0.3 is 14.6 Å². The smallest absolute Gasteiger partial charge is 0.356 e. The lowest BCUT2D eigenvalue weighted by atomic mass is 10.1. The molecule has 2 aromatic rings. The summed E-state index contributed by atoms with van der Waals surface area (Å²) in [6, 6.07) is 5.21. The number of carboxylic acids is 1. The SMILES string of the molecule is CCOc1c(OC)cccc1-c1ncc(Cl)c(C(=O)O)n1. The van der Waals surface area contributed by atoms with E-state index in [1.54, 1.807) is 18.2 Å². The first-order valence-electron chi connectivity index (χ1n) is 6.14. The monoisotopic (exact) mass is 308 g/mol. The first-order valence-corrected chi connectivity index (χ1v) is 6.52. The number of carbonyl (C=O) groups is 1. The molecule has 0 aliphatic carbocycles. The molecule has 0 atom stereocenters. The maximum atomic E-state index is 11.1. The van der Waals surface area contributed by atoms with Crippen molar-refractivity contribution in [3.63, 3.8) is 0 Å². The van der Waals surface area contributed by atoms with E-state index < -0.39 is 5.97 Å². The Labute approximate surface area is 126 Å². The van der Waals surface area contributed by atoms with E-state index in [1.807, 2.05) is 6.92 Å². The zero-order valence-electron chi connectivity index (χ0n) is 11.5. The number of rotatable bonds is 5. The molecule has 0 spiro atoms. The van der Waals surface area contributed by atoms with Gasteiger partial charge >= 0.3 is 5.97 Å². The zero-order chi connectivity index (χ0) is 15.4. The van der Waals surface area contributed by atoms with Gasteiger partial charge in [0, 0.05) is 0 Å². The molecule has 21 heavy (non-hydrogen) atoms. The molecule has 1 aromatic carbocycles. The van der Waals surface area contributed by atoms with E-state index in [4.69, 9.17) is 26.2 Å². The molecule has 0 aliphatic heterocycles. The van der Waals surface area contributed by atoms with Crippen LogP contribution >= 0.6 is 11.6 Å². The fourth-order valence-electron chi connectivity index (χ4n) is 1.79. The van der Waals surface area contributed by atoms with Crippen molar-refractivity contribution in [3.05, 3.63) is 35.1 Å². The van der Waals surface area contributed by atoms with Crippen molar-refractivity contribution in [2.45, 2.75) is 6.92 Å². The first-order chi connectivity index (χ1) is 10.1. The van der Waals surface area contributed by atoms with Crippen LogP contribution in [0.5, 0.6) is 11.5 Å². The van der Waals surface area contributed by atoms with Gasteiger partial charge in [-0.2, -0.15) is 0 Å². The van der Waals surface area contributed by atoms with Crippen molar-refractivity contribution in [2.24, 2.45) is 0 Å². The molecule has 110 valence electrons.